The van der Waals surface area contributed by atoms with E-state index in [0.717, 1.165) is 18.9 Å². The van der Waals surface area contributed by atoms with Gasteiger partial charge in [0.1, 0.15) is 16.0 Å². The van der Waals surface area contributed by atoms with Crippen molar-refractivity contribution in [2.45, 2.75) is 0 Å². The molecule has 0 saturated heterocycles. The van der Waals surface area contributed by atoms with Crippen LogP contribution in [0.4, 0.5) is 5.00 Å². The Morgan fingerprint density at radius 1 is 1.27 bits per heavy atom. The minimum absolute atomic E-state index is 0.748. The monoisotopic (exact) mass is 277 g/mol. The molecule has 0 saturated carbocycles. The normalized spacial score (nSPS) is 10.6. The first-order valence-electron chi connectivity index (χ1n) is 2.93. The van der Waals surface area contributed by atoms with Gasteiger partial charge in [-0.25, -0.2) is 4.98 Å². The molecule has 2 aromatic rings. The maximum absolute atomic E-state index is 5.69. The first-order valence-corrected chi connectivity index (χ1v) is 4.83. The van der Waals surface area contributed by atoms with Crippen LogP contribution in [-0.2, 0) is 0 Å². The second-order valence-electron chi connectivity index (χ2n) is 1.99. The quantitative estimate of drug-likeness (QED) is 0.748. The van der Waals surface area contributed by atoms with Crippen molar-refractivity contribution >= 4 is 50.0 Å². The molecule has 2 N–H and O–H groups in total. The van der Waals surface area contributed by atoms with Gasteiger partial charge in [-0.2, -0.15) is 0 Å². The van der Waals surface area contributed by atoms with Crippen LogP contribution in [0, 0.1) is 2.88 Å². The van der Waals surface area contributed by atoms with Gasteiger partial charge in [0.15, 0.2) is 0 Å². The summed E-state index contributed by atoms with van der Waals surface area (Å²) in [5.41, 5.74) is 7.42. The second-order valence-corrected chi connectivity index (χ2v) is 4.86. The average molecular weight is 277 g/mol. The first-order chi connectivity index (χ1) is 5.29. The van der Waals surface area contributed by atoms with E-state index in [2.05, 4.69) is 32.6 Å². The van der Waals surface area contributed by atoms with Crippen LogP contribution in [0.1, 0.15) is 0 Å². The maximum atomic E-state index is 5.69. The molecule has 0 aromatic carbocycles. The zero-order valence-corrected chi connectivity index (χ0v) is 8.39. The van der Waals surface area contributed by atoms with Crippen molar-refractivity contribution in [3.05, 3.63) is 15.3 Å². The van der Waals surface area contributed by atoms with Crippen LogP contribution in [0.2, 0.25) is 0 Å². The van der Waals surface area contributed by atoms with Gasteiger partial charge in [0.25, 0.3) is 0 Å². The molecular weight excluding hydrogens is 273 g/mol. The molecule has 0 spiro atoms. The highest BCUT2D eigenvalue weighted by atomic mass is 127. The summed E-state index contributed by atoms with van der Waals surface area (Å²) >= 11 is 3.74. The molecule has 56 valence electrons. The van der Waals surface area contributed by atoms with Gasteiger partial charge in [0.05, 0.1) is 2.88 Å². The highest BCUT2D eigenvalue weighted by Gasteiger charge is 2.07. The molecule has 0 amide bonds. The minimum Gasteiger partial charge on any atom is -0.389 e. The van der Waals surface area contributed by atoms with Crippen molar-refractivity contribution in [3.63, 3.8) is 0 Å². The van der Waals surface area contributed by atoms with Gasteiger partial charge in [-0.3, -0.25) is 4.98 Å². The number of nitrogens with zero attached hydrogens (tertiary/aromatic N) is 2. The fourth-order valence-electron chi connectivity index (χ4n) is 0.855. The second kappa shape index (κ2) is 2.56. The van der Waals surface area contributed by atoms with E-state index in [1.807, 2.05) is 0 Å². The largest absolute Gasteiger partial charge is 0.389 e. The number of aromatic nitrogens is 2. The van der Waals surface area contributed by atoms with Crippen LogP contribution < -0.4 is 5.73 Å². The smallest absolute Gasteiger partial charge is 0.124 e. The summed E-state index contributed by atoms with van der Waals surface area (Å²) in [6, 6.07) is 0. The summed E-state index contributed by atoms with van der Waals surface area (Å²) in [6.07, 6.45) is 3.33. The predicted octanol–water partition coefficient (Wildman–Crippen LogP) is 1.88. The summed E-state index contributed by atoms with van der Waals surface area (Å²) in [5, 5.41) is 0.748. The molecule has 0 unspecified atom stereocenters. The van der Waals surface area contributed by atoms with E-state index < -0.39 is 0 Å². The molecule has 5 heteroatoms. The lowest BCUT2D eigenvalue weighted by Gasteiger charge is -1.86. The number of rotatable bonds is 0. The highest BCUT2D eigenvalue weighted by Crippen LogP contribution is 2.30. The van der Waals surface area contributed by atoms with Gasteiger partial charge in [-0.15, -0.1) is 11.3 Å². The molecular formula is C6H4IN3S. The van der Waals surface area contributed by atoms with Crippen molar-refractivity contribution in [1.82, 2.24) is 9.97 Å². The van der Waals surface area contributed by atoms with Crippen LogP contribution in [-0.4, -0.2) is 9.97 Å². The zero-order valence-electron chi connectivity index (χ0n) is 5.41. The number of halogens is 1. The Morgan fingerprint density at radius 3 is 2.55 bits per heavy atom. The maximum Gasteiger partial charge on any atom is 0.124 e. The SMILES string of the molecule is Nc1sc(I)c2nccnc12. The molecule has 0 fully saturated rings. The lowest BCUT2D eigenvalue weighted by molar-refractivity contribution is 1.30. The fourth-order valence-corrected chi connectivity index (χ4v) is 2.65. The Labute approximate surface area is 80.8 Å². The molecule has 2 rings (SSSR count). The molecule has 0 bridgehead atoms. The molecule has 0 aliphatic heterocycles. The Balaban J connectivity index is 2.95. The van der Waals surface area contributed by atoms with E-state index in [-0.39, 0.29) is 0 Å². The van der Waals surface area contributed by atoms with Crippen LogP contribution >= 0.6 is 33.9 Å². The van der Waals surface area contributed by atoms with E-state index in [1.54, 1.807) is 12.4 Å². The molecule has 2 aromatic heterocycles. The van der Waals surface area contributed by atoms with Gasteiger partial charge in [0.2, 0.25) is 0 Å². The van der Waals surface area contributed by atoms with Crippen LogP contribution in [0.15, 0.2) is 12.4 Å². The Morgan fingerprint density at radius 2 is 1.91 bits per heavy atom. The standard InChI is InChI=1S/C6H4IN3S/c7-5-3-4(6(8)11-5)10-2-1-9-3/h1-2H,8H2. The molecule has 3 nitrogen and oxygen atoms in total. The van der Waals surface area contributed by atoms with Crippen LogP contribution in [0.25, 0.3) is 11.0 Å². The summed E-state index contributed by atoms with van der Waals surface area (Å²) in [5.74, 6) is 0. The highest BCUT2D eigenvalue weighted by molar-refractivity contribution is 14.1. The topological polar surface area (TPSA) is 51.8 Å². The fraction of sp³-hybridized carbons (Fsp3) is 0. The summed E-state index contributed by atoms with van der Waals surface area (Å²) in [4.78, 5) is 8.28. The lowest BCUT2D eigenvalue weighted by Crippen LogP contribution is -1.82. The van der Waals surface area contributed by atoms with Gasteiger partial charge in [0, 0.05) is 12.4 Å². The third-order valence-corrected chi connectivity index (χ3v) is 3.27. The number of nitrogens with two attached hydrogens (primary N) is 1. The molecule has 0 aliphatic carbocycles. The van der Waals surface area contributed by atoms with Gasteiger partial charge < -0.3 is 5.73 Å². The average Bonchev–Trinajstić information content (AvgIpc) is 2.30. The molecule has 2 heterocycles. The third kappa shape index (κ3) is 1.08. The van der Waals surface area contributed by atoms with E-state index in [4.69, 9.17) is 5.73 Å². The number of nitrogen functional groups attached to an aromatic ring is 1. The zero-order chi connectivity index (χ0) is 7.84. The molecule has 0 atom stereocenters. The van der Waals surface area contributed by atoms with Crippen molar-refractivity contribution in [2.24, 2.45) is 0 Å². The van der Waals surface area contributed by atoms with Crippen LogP contribution in [0.5, 0.6) is 0 Å². The van der Waals surface area contributed by atoms with Crippen LogP contribution in [0.3, 0.4) is 0 Å². The minimum atomic E-state index is 0.748. The molecule has 0 radical (unpaired) electrons. The molecule has 0 aliphatic rings. The number of hydrogen-bond acceptors (Lipinski definition) is 4. The third-order valence-electron chi connectivity index (χ3n) is 1.32. The summed E-state index contributed by atoms with van der Waals surface area (Å²) < 4.78 is 1.10. The number of fused-ring (bicyclic) bond motifs is 1. The van der Waals surface area contributed by atoms with Gasteiger partial charge >= 0.3 is 0 Å². The number of anilines is 1. The first kappa shape index (κ1) is 7.23. The van der Waals surface area contributed by atoms with E-state index in [9.17, 15) is 0 Å². The van der Waals surface area contributed by atoms with Crippen molar-refractivity contribution in [3.8, 4) is 0 Å². The van der Waals surface area contributed by atoms with E-state index >= 15 is 0 Å². The summed E-state index contributed by atoms with van der Waals surface area (Å²) in [7, 11) is 0. The number of thiophene rings is 1. The van der Waals surface area contributed by atoms with Crippen molar-refractivity contribution in [2.75, 3.05) is 5.73 Å². The van der Waals surface area contributed by atoms with E-state index in [0.29, 0.717) is 0 Å². The lowest BCUT2D eigenvalue weighted by atomic mass is 10.5. The predicted molar refractivity (Wildman–Crippen MR) is 54.5 cm³/mol. The van der Waals surface area contributed by atoms with Gasteiger partial charge in [-0.05, 0) is 22.6 Å². The van der Waals surface area contributed by atoms with Crippen molar-refractivity contribution in [1.29, 1.82) is 0 Å². The Bertz CT molecular complexity index is 362. The summed E-state index contributed by atoms with van der Waals surface area (Å²) in [6.45, 7) is 0. The number of hydrogen-bond donors (Lipinski definition) is 1. The van der Waals surface area contributed by atoms with Gasteiger partial charge in [-0.1, -0.05) is 0 Å². The Kier molecular flexibility index (Phi) is 1.68. The Hall–Kier alpha value is -0.430. The van der Waals surface area contributed by atoms with Crippen molar-refractivity contribution < 1.29 is 0 Å². The molecule has 11 heavy (non-hydrogen) atoms. The van der Waals surface area contributed by atoms with E-state index in [1.165, 1.54) is 11.3 Å².